The first-order valence-electron chi connectivity index (χ1n) is 28.2. The first-order valence-corrected chi connectivity index (χ1v) is 28.2. The van der Waals surface area contributed by atoms with E-state index in [4.69, 9.17) is 66.3 Å². The quantitative estimate of drug-likeness (QED) is 0.0966. The molecule has 0 spiro atoms. The van der Waals surface area contributed by atoms with Crippen LogP contribution in [-0.2, 0) is 71.1 Å². The largest absolute Gasteiger partial charge is 0.480 e. The minimum absolute atomic E-state index is 0.0571. The number of nitrogens with one attached hydrogen (secondary N) is 3. The fourth-order valence-corrected chi connectivity index (χ4v) is 12.0. The van der Waals surface area contributed by atoms with Crippen LogP contribution in [0.1, 0.15) is 6.42 Å². The number of aliphatic carboxylic acids is 1. The topological polar surface area (TPSA) is 624 Å². The molecule has 0 aliphatic carbocycles. The van der Waals surface area contributed by atoms with Crippen LogP contribution >= 0.6 is 0 Å². The Balaban J connectivity index is 1.02. The highest BCUT2D eigenvalue weighted by molar-refractivity contribution is 5.76. The summed E-state index contributed by atoms with van der Waals surface area (Å²) in [4.78, 5) is 25.4. The molecular weight excluding hydrogens is 1210 g/mol. The molecule has 22 heterocycles. The van der Waals surface area contributed by atoms with E-state index in [1.807, 2.05) is 0 Å². The Labute approximate surface area is 496 Å². The Bertz CT molecular complexity index is 2230. The van der Waals surface area contributed by atoms with Gasteiger partial charge in [0.1, 0.15) is 171 Å². The Morgan fingerprint density at radius 1 is 0.318 bits per heavy atom. The summed E-state index contributed by atoms with van der Waals surface area (Å²) in [5, 5.41) is 240. The van der Waals surface area contributed by atoms with Crippen LogP contribution in [0.5, 0.6) is 0 Å². The summed E-state index contributed by atoms with van der Waals surface area (Å²) in [5.74, 6) is -1.24. The van der Waals surface area contributed by atoms with E-state index < -0.39 is 285 Å². The Morgan fingerprint density at radius 3 is 0.773 bits per heavy atom. The molecule has 37 atom stereocenters. The monoisotopic (exact) mass is 1290 g/mol. The molecule has 40 nitrogen and oxygen atoms in total. The second-order valence-electron chi connectivity index (χ2n) is 22.5. The van der Waals surface area contributed by atoms with Gasteiger partial charge in [-0.3, -0.25) is 4.79 Å². The maximum Gasteiger partial charge on any atom is 0.320 e. The lowest BCUT2D eigenvalue weighted by Gasteiger charge is -2.50. The number of carboxylic acid groups (broad SMARTS) is 1. The highest BCUT2D eigenvalue weighted by atomic mass is 16.8. The zero-order valence-electron chi connectivity index (χ0n) is 46.1. The molecule has 22 fully saturated rings. The minimum atomic E-state index is -2.30. The lowest BCUT2D eigenvalue weighted by Crippen LogP contribution is -2.70. The standard InChI is InChI=1S/C48H79N3O37/c52-3-12-33-19(51-48(74)50-10-1-11(40(72)73)49-2-10)20(59)41(75-12)83-34-13(4-53)77-43(28(67)22(34)61)85-36-15(6-55)79-45(30(69)24(36)63)87-38-17(8-57)81-47(32(71)26(38)65)88-39-18(9-58)80-46(31(70)25(39)64)86-37-16(7-56)78-44(29(68)23(37)62)84-35-14(5-54)76-42(82-33)27(66)21(35)60/h10-39,41-47,49,52-71H,1-9H2,(H,72,73)(H2,50,51,74)/t10-,11+,12-,13-,14-,15-,16-,17-,18-,19-,20-,21-,22-,23-,24-,25-,26-,27-,28-,29-,30-,31-,32-,33-,34-,35-,36-,37-,38-,39-,41-,42-,43-,44-,45-,46-,47-/m1/s1. The van der Waals surface area contributed by atoms with Crippen LogP contribution in [0.2, 0.25) is 0 Å². The zero-order chi connectivity index (χ0) is 63.9. The number of carbonyl (C=O) groups is 2. The van der Waals surface area contributed by atoms with Crippen molar-refractivity contribution in [2.75, 3.05) is 52.8 Å². The molecule has 22 rings (SSSR count). The van der Waals surface area contributed by atoms with Crippen molar-refractivity contribution in [2.24, 2.45) is 0 Å². The summed E-state index contributed by atoms with van der Waals surface area (Å²) >= 11 is 0. The molecule has 508 valence electrons. The first kappa shape index (κ1) is 69.7. The van der Waals surface area contributed by atoms with Crippen molar-refractivity contribution < 1.29 is 183 Å². The Hall–Kier alpha value is -2.66. The SMILES string of the molecule is O=C(N[C@H]1CN[C@H](C(=O)O)C1)N[C@@H]1[C@@H](O)[C@H]2O[C@H]3[C@H](O)[C@@H](O)[C@@H](O[C@H]4[C@H](O)[C@@H](O)[C@@H](O[C@H]5[C@H](O)[C@@H](O)[C@@H](O[C@H]6[C@H](O)[C@@H](O)[C@@H](O[C@H]7[C@H](O)[C@@H](O)[C@@H](O[C@H]8[C@H](O)[C@@H](O)[C@@H](O[C@@H]1[C@@H](CO)O2)O[C@@H]8CO)O[C@@H]7CO)O[C@@H]6CO)O[C@@H]5CO)O[C@@H]4CO)O[C@@H]3CO. The van der Waals surface area contributed by atoms with Gasteiger partial charge in [-0.1, -0.05) is 0 Å². The number of aliphatic hydroxyl groups is 20. The number of hydrogen-bond donors (Lipinski definition) is 24. The molecule has 0 aromatic heterocycles. The molecule has 22 aliphatic rings. The smallest absolute Gasteiger partial charge is 0.320 e. The molecule has 40 heteroatoms. The molecule has 0 saturated carbocycles. The van der Waals surface area contributed by atoms with E-state index in [-0.39, 0.29) is 13.0 Å². The van der Waals surface area contributed by atoms with Gasteiger partial charge in [0.25, 0.3) is 0 Å². The van der Waals surface area contributed by atoms with E-state index in [2.05, 4.69) is 16.0 Å². The number of hydrogen-bond acceptors (Lipinski definition) is 37. The van der Waals surface area contributed by atoms with Gasteiger partial charge in [0.15, 0.2) is 44.0 Å². The molecule has 24 N–H and O–H groups in total. The van der Waals surface area contributed by atoms with Crippen molar-refractivity contribution in [1.29, 1.82) is 0 Å². The molecule has 0 aromatic carbocycles. The van der Waals surface area contributed by atoms with E-state index in [9.17, 15) is 117 Å². The fraction of sp³-hybridized carbons (Fsp3) is 0.958. The maximum absolute atomic E-state index is 13.8. The van der Waals surface area contributed by atoms with E-state index in [0.29, 0.717) is 0 Å². The van der Waals surface area contributed by atoms with Crippen LogP contribution in [0.25, 0.3) is 0 Å². The van der Waals surface area contributed by atoms with Gasteiger partial charge in [-0.15, -0.1) is 0 Å². The Kier molecular flexibility index (Phi) is 23.5. The summed E-state index contributed by atoms with van der Waals surface area (Å²) in [6, 6.07) is -4.98. The number of carbonyl (C=O) groups excluding carboxylic acids is 1. The number of urea groups is 1. The van der Waals surface area contributed by atoms with Gasteiger partial charge in [-0.2, -0.15) is 0 Å². The van der Waals surface area contributed by atoms with Gasteiger partial charge < -0.3 is 190 Å². The molecule has 14 bridgehead atoms. The van der Waals surface area contributed by atoms with Crippen LogP contribution in [0.15, 0.2) is 0 Å². The van der Waals surface area contributed by atoms with E-state index in [1.54, 1.807) is 0 Å². The van der Waals surface area contributed by atoms with Crippen LogP contribution < -0.4 is 16.0 Å². The van der Waals surface area contributed by atoms with Crippen molar-refractivity contribution >= 4 is 12.0 Å². The lowest BCUT2D eigenvalue weighted by atomic mass is 9.94. The maximum atomic E-state index is 13.8. The van der Waals surface area contributed by atoms with Gasteiger partial charge in [0.05, 0.1) is 52.3 Å². The number of carboxylic acids is 1. The zero-order valence-corrected chi connectivity index (χ0v) is 46.1. The van der Waals surface area contributed by atoms with Gasteiger partial charge in [-0.25, -0.2) is 4.79 Å². The molecule has 22 saturated heterocycles. The van der Waals surface area contributed by atoms with Gasteiger partial charge in [-0.05, 0) is 6.42 Å². The molecular formula is C48H79N3O37. The molecule has 0 radical (unpaired) electrons. The summed E-state index contributed by atoms with van der Waals surface area (Å²) in [6.45, 7) is -7.70. The van der Waals surface area contributed by atoms with Crippen LogP contribution in [0, 0.1) is 0 Å². The van der Waals surface area contributed by atoms with Gasteiger partial charge in [0.2, 0.25) is 0 Å². The van der Waals surface area contributed by atoms with Crippen molar-refractivity contribution in [3.8, 4) is 0 Å². The predicted octanol–water partition coefficient (Wildman–Crippen LogP) is -16.1. The van der Waals surface area contributed by atoms with Crippen LogP contribution in [0.4, 0.5) is 4.79 Å². The summed E-state index contributed by atoms with van der Waals surface area (Å²) in [5.41, 5.74) is 0. The molecule has 0 unspecified atom stereocenters. The van der Waals surface area contributed by atoms with Crippen molar-refractivity contribution in [3.05, 3.63) is 0 Å². The van der Waals surface area contributed by atoms with E-state index in [1.165, 1.54) is 0 Å². The second kappa shape index (κ2) is 29.7. The number of amides is 2. The summed E-state index contributed by atoms with van der Waals surface area (Å²) in [6.07, 6.45) is -70.1. The third-order valence-corrected chi connectivity index (χ3v) is 16.9. The lowest BCUT2D eigenvalue weighted by molar-refractivity contribution is -0.396. The third-order valence-electron chi connectivity index (χ3n) is 16.9. The van der Waals surface area contributed by atoms with Crippen LogP contribution in [-0.4, -0.2) is 399 Å². The average Bonchev–Trinajstić information content (AvgIpc) is 1.07. The number of rotatable bonds is 10. The normalized spacial score (nSPS) is 52.3. The fourth-order valence-electron chi connectivity index (χ4n) is 12.0. The summed E-state index contributed by atoms with van der Waals surface area (Å²) < 4.78 is 80.9. The van der Waals surface area contributed by atoms with Crippen molar-refractivity contribution in [2.45, 2.75) is 233 Å². The minimum Gasteiger partial charge on any atom is -0.480 e. The Morgan fingerprint density at radius 2 is 0.545 bits per heavy atom. The molecule has 0 aromatic rings. The van der Waals surface area contributed by atoms with Crippen molar-refractivity contribution in [1.82, 2.24) is 16.0 Å². The average molecular weight is 1290 g/mol. The second-order valence-corrected chi connectivity index (χ2v) is 22.5. The molecule has 22 aliphatic heterocycles. The first-order chi connectivity index (χ1) is 41.9. The summed E-state index contributed by atoms with van der Waals surface area (Å²) in [7, 11) is 0. The van der Waals surface area contributed by atoms with Crippen LogP contribution in [0.3, 0.4) is 0 Å². The van der Waals surface area contributed by atoms with Gasteiger partial charge in [0, 0.05) is 12.6 Å². The highest BCUT2D eigenvalue weighted by Gasteiger charge is 2.60. The third kappa shape index (κ3) is 14.1. The van der Waals surface area contributed by atoms with Crippen molar-refractivity contribution in [3.63, 3.8) is 0 Å². The van der Waals surface area contributed by atoms with E-state index in [0.717, 1.165) is 0 Å². The van der Waals surface area contributed by atoms with Gasteiger partial charge >= 0.3 is 12.0 Å². The molecule has 88 heavy (non-hydrogen) atoms. The number of aliphatic hydroxyl groups excluding tert-OH is 20. The number of ether oxygens (including phenoxy) is 14. The predicted molar refractivity (Wildman–Crippen MR) is 266 cm³/mol. The van der Waals surface area contributed by atoms with E-state index >= 15 is 0 Å². The molecule has 2 amide bonds. The highest BCUT2D eigenvalue weighted by Crippen LogP contribution is 2.39.